The molecule has 0 aromatic carbocycles. The summed E-state index contributed by atoms with van der Waals surface area (Å²) >= 11 is 0. The van der Waals surface area contributed by atoms with Gasteiger partial charge in [-0.15, -0.1) is 0 Å². The van der Waals surface area contributed by atoms with Crippen molar-refractivity contribution in [2.24, 2.45) is 5.73 Å². The van der Waals surface area contributed by atoms with Gasteiger partial charge < -0.3 is 10.5 Å². The van der Waals surface area contributed by atoms with E-state index in [0.717, 1.165) is 13.1 Å². The molecule has 0 aromatic rings. The van der Waals surface area contributed by atoms with Gasteiger partial charge in [-0.25, -0.2) is 0 Å². The monoisotopic (exact) mass is 146 g/mol. The molecule has 0 bridgehead atoms. The molecule has 0 aliphatic carbocycles. The maximum Gasteiger partial charge on any atom is 0.0670 e. The largest absolute Gasteiger partial charge is 0.380 e. The fourth-order valence-electron chi connectivity index (χ4n) is 0.771. The summed E-state index contributed by atoms with van der Waals surface area (Å²) in [5.41, 5.74) is 5.46. The van der Waals surface area contributed by atoms with Crippen LogP contribution in [0.3, 0.4) is 0 Å². The smallest absolute Gasteiger partial charge is 0.0670 e. The molecule has 0 unspecified atom stereocenters. The zero-order valence-corrected chi connectivity index (χ0v) is 7.13. The second-order valence-corrected chi connectivity index (χ2v) is 2.40. The van der Waals surface area contributed by atoms with Crippen molar-refractivity contribution >= 4 is 0 Å². The Kier molecular flexibility index (Phi) is 5.58. The molecule has 0 aliphatic heterocycles. The van der Waals surface area contributed by atoms with Crippen LogP contribution >= 0.6 is 0 Å². The minimum atomic E-state index is 0.281. The molecular weight excluding hydrogens is 128 g/mol. The standard InChI is InChI=1S/C7H18N2O/c1-4-9(6-8)5-7(2)10-3/h7H,4-6,8H2,1-3H3/t7-/m1/s1. The molecule has 0 amide bonds. The lowest BCUT2D eigenvalue weighted by molar-refractivity contribution is 0.0797. The van der Waals surface area contributed by atoms with Gasteiger partial charge in [0.2, 0.25) is 0 Å². The Morgan fingerprint density at radius 1 is 1.60 bits per heavy atom. The first kappa shape index (κ1) is 9.88. The summed E-state index contributed by atoms with van der Waals surface area (Å²) in [6.45, 7) is 6.66. The fraction of sp³-hybridized carbons (Fsp3) is 1.00. The summed E-state index contributed by atoms with van der Waals surface area (Å²) in [5, 5.41) is 0. The van der Waals surface area contributed by atoms with Crippen molar-refractivity contribution in [3.8, 4) is 0 Å². The lowest BCUT2D eigenvalue weighted by Gasteiger charge is -2.21. The second kappa shape index (κ2) is 5.65. The lowest BCUT2D eigenvalue weighted by Crippen LogP contribution is -2.36. The molecule has 3 nitrogen and oxygen atoms in total. The molecule has 2 N–H and O–H groups in total. The topological polar surface area (TPSA) is 38.5 Å². The average molecular weight is 146 g/mol. The minimum Gasteiger partial charge on any atom is -0.380 e. The number of methoxy groups -OCH3 is 1. The molecule has 0 rings (SSSR count). The molecule has 0 saturated heterocycles. The van der Waals surface area contributed by atoms with Crippen molar-refractivity contribution in [1.82, 2.24) is 4.90 Å². The first-order valence-electron chi connectivity index (χ1n) is 3.69. The van der Waals surface area contributed by atoms with Crippen LogP contribution in [0.5, 0.6) is 0 Å². The van der Waals surface area contributed by atoms with Gasteiger partial charge in [0, 0.05) is 20.3 Å². The van der Waals surface area contributed by atoms with Gasteiger partial charge in [-0.05, 0) is 13.5 Å². The van der Waals surface area contributed by atoms with E-state index in [0.29, 0.717) is 6.67 Å². The van der Waals surface area contributed by atoms with Crippen molar-refractivity contribution in [3.63, 3.8) is 0 Å². The van der Waals surface area contributed by atoms with E-state index in [-0.39, 0.29) is 6.10 Å². The van der Waals surface area contributed by atoms with Gasteiger partial charge in [-0.2, -0.15) is 0 Å². The van der Waals surface area contributed by atoms with E-state index in [1.807, 2.05) is 6.92 Å². The number of rotatable bonds is 5. The number of nitrogens with zero attached hydrogens (tertiary/aromatic N) is 1. The molecular formula is C7H18N2O. The maximum atomic E-state index is 5.46. The first-order chi connectivity index (χ1) is 4.74. The van der Waals surface area contributed by atoms with E-state index in [1.165, 1.54) is 0 Å². The van der Waals surface area contributed by atoms with Gasteiger partial charge in [0.25, 0.3) is 0 Å². The highest BCUT2D eigenvalue weighted by atomic mass is 16.5. The molecule has 0 aromatic heterocycles. The molecule has 0 aliphatic rings. The Hall–Kier alpha value is -0.120. The maximum absolute atomic E-state index is 5.46. The lowest BCUT2D eigenvalue weighted by atomic mass is 10.4. The fourth-order valence-corrected chi connectivity index (χ4v) is 0.771. The number of hydrogen-bond donors (Lipinski definition) is 1. The van der Waals surface area contributed by atoms with Crippen LogP contribution in [-0.4, -0.2) is 37.9 Å². The van der Waals surface area contributed by atoms with Crippen LogP contribution in [0.4, 0.5) is 0 Å². The zero-order valence-electron chi connectivity index (χ0n) is 7.13. The molecule has 0 radical (unpaired) electrons. The Morgan fingerprint density at radius 2 is 2.20 bits per heavy atom. The SMILES string of the molecule is CCN(CN)C[C@@H](C)OC. The van der Waals surface area contributed by atoms with Crippen LogP contribution in [-0.2, 0) is 4.74 Å². The Balaban J connectivity index is 3.41. The van der Waals surface area contributed by atoms with Crippen LogP contribution in [0.15, 0.2) is 0 Å². The second-order valence-electron chi connectivity index (χ2n) is 2.40. The Bertz CT molecular complexity index is 74.0. The number of nitrogens with two attached hydrogens (primary N) is 1. The highest BCUT2D eigenvalue weighted by molar-refractivity contribution is 4.57. The third-order valence-electron chi connectivity index (χ3n) is 1.62. The minimum absolute atomic E-state index is 0.281. The number of likely N-dealkylation sites (N-methyl/N-ethyl adjacent to an activating group) is 1. The normalized spacial score (nSPS) is 14.1. The molecule has 62 valence electrons. The van der Waals surface area contributed by atoms with Gasteiger partial charge >= 0.3 is 0 Å². The van der Waals surface area contributed by atoms with E-state index >= 15 is 0 Å². The van der Waals surface area contributed by atoms with E-state index in [9.17, 15) is 0 Å². The highest BCUT2D eigenvalue weighted by Gasteiger charge is 2.04. The quantitative estimate of drug-likeness (QED) is 0.565. The summed E-state index contributed by atoms with van der Waals surface area (Å²) in [5.74, 6) is 0. The van der Waals surface area contributed by atoms with Crippen molar-refractivity contribution in [2.45, 2.75) is 20.0 Å². The Labute approximate surface area is 63.1 Å². The van der Waals surface area contributed by atoms with Crippen molar-refractivity contribution < 1.29 is 4.74 Å². The molecule has 0 heterocycles. The molecule has 0 fully saturated rings. The van der Waals surface area contributed by atoms with Crippen LogP contribution in [0.2, 0.25) is 0 Å². The summed E-state index contributed by atoms with van der Waals surface area (Å²) in [4.78, 5) is 2.13. The van der Waals surface area contributed by atoms with Crippen molar-refractivity contribution in [1.29, 1.82) is 0 Å². The predicted molar refractivity (Wildman–Crippen MR) is 42.8 cm³/mol. The van der Waals surface area contributed by atoms with Crippen LogP contribution < -0.4 is 5.73 Å². The van der Waals surface area contributed by atoms with Crippen LogP contribution in [0.1, 0.15) is 13.8 Å². The zero-order chi connectivity index (χ0) is 7.98. The predicted octanol–water partition coefficient (Wildman–Crippen LogP) is 0.259. The average Bonchev–Trinajstić information content (AvgIpc) is 1.99. The van der Waals surface area contributed by atoms with Crippen molar-refractivity contribution in [3.05, 3.63) is 0 Å². The van der Waals surface area contributed by atoms with E-state index in [1.54, 1.807) is 7.11 Å². The summed E-state index contributed by atoms with van der Waals surface area (Å²) in [6.07, 6.45) is 0.281. The van der Waals surface area contributed by atoms with E-state index in [4.69, 9.17) is 10.5 Å². The van der Waals surface area contributed by atoms with Gasteiger partial charge in [0.15, 0.2) is 0 Å². The molecule has 0 saturated carbocycles. The van der Waals surface area contributed by atoms with Gasteiger partial charge in [-0.1, -0.05) is 6.92 Å². The first-order valence-corrected chi connectivity index (χ1v) is 3.69. The van der Waals surface area contributed by atoms with E-state index < -0.39 is 0 Å². The number of hydrogen-bond acceptors (Lipinski definition) is 3. The Morgan fingerprint density at radius 3 is 2.50 bits per heavy atom. The highest BCUT2D eigenvalue weighted by Crippen LogP contribution is 1.92. The third-order valence-corrected chi connectivity index (χ3v) is 1.62. The third kappa shape index (κ3) is 3.82. The summed E-state index contributed by atoms with van der Waals surface area (Å²) in [7, 11) is 1.72. The summed E-state index contributed by atoms with van der Waals surface area (Å²) < 4.78 is 5.09. The number of ether oxygens (including phenoxy) is 1. The molecule has 0 spiro atoms. The van der Waals surface area contributed by atoms with Crippen LogP contribution in [0, 0.1) is 0 Å². The van der Waals surface area contributed by atoms with Gasteiger partial charge in [0.1, 0.15) is 0 Å². The molecule has 10 heavy (non-hydrogen) atoms. The molecule has 1 atom stereocenters. The van der Waals surface area contributed by atoms with Crippen LogP contribution in [0.25, 0.3) is 0 Å². The summed E-state index contributed by atoms with van der Waals surface area (Å²) in [6, 6.07) is 0. The van der Waals surface area contributed by atoms with Gasteiger partial charge in [0.05, 0.1) is 6.10 Å². The van der Waals surface area contributed by atoms with Gasteiger partial charge in [-0.3, -0.25) is 4.90 Å². The van der Waals surface area contributed by atoms with Crippen molar-refractivity contribution in [2.75, 3.05) is 26.9 Å². The van der Waals surface area contributed by atoms with E-state index in [2.05, 4.69) is 11.8 Å². The molecule has 3 heteroatoms.